The predicted molar refractivity (Wildman–Crippen MR) is 112 cm³/mol. The molecule has 2 N–H and O–H groups in total. The quantitative estimate of drug-likeness (QED) is 0.437. The van der Waals surface area contributed by atoms with Crippen LogP contribution in [0.15, 0.2) is 41.4 Å². The number of nitrogens with one attached hydrogen (secondary N) is 2. The topological polar surface area (TPSA) is 84.4 Å². The summed E-state index contributed by atoms with van der Waals surface area (Å²) in [6.45, 7) is 0. The number of aromatic nitrogens is 6. The van der Waals surface area contributed by atoms with Gasteiger partial charge in [-0.15, -0.1) is 0 Å². The van der Waals surface area contributed by atoms with Gasteiger partial charge in [0, 0.05) is 42.8 Å². The van der Waals surface area contributed by atoms with E-state index in [4.69, 9.17) is 0 Å². The van der Waals surface area contributed by atoms with E-state index >= 15 is 0 Å². The van der Waals surface area contributed by atoms with Gasteiger partial charge >= 0.3 is 6.18 Å². The number of halogens is 4. The third kappa shape index (κ3) is 4.03. The summed E-state index contributed by atoms with van der Waals surface area (Å²) >= 11 is 3.22. The van der Waals surface area contributed by atoms with Crippen molar-refractivity contribution in [2.24, 2.45) is 0 Å². The third-order valence-electron chi connectivity index (χ3n) is 5.37. The van der Waals surface area contributed by atoms with Gasteiger partial charge in [-0.25, -0.2) is 15.0 Å². The minimum atomic E-state index is -4.54. The smallest absolute Gasteiger partial charge is 0.367 e. The Hall–Kier alpha value is -2.89. The van der Waals surface area contributed by atoms with Crippen molar-refractivity contribution in [2.45, 2.75) is 43.9 Å². The lowest BCUT2D eigenvalue weighted by Crippen LogP contribution is -2.35. The van der Waals surface area contributed by atoms with Crippen LogP contribution in [0.5, 0.6) is 0 Å². The number of imidazole rings is 1. The molecule has 4 aromatic heterocycles. The molecule has 0 spiro atoms. The van der Waals surface area contributed by atoms with Crippen molar-refractivity contribution in [1.82, 2.24) is 29.0 Å². The van der Waals surface area contributed by atoms with Crippen LogP contribution in [-0.4, -0.2) is 41.1 Å². The number of fused-ring (bicyclic) bond motifs is 2. The molecule has 4 aromatic rings. The predicted octanol–water partition coefficient (Wildman–Crippen LogP) is 4.39. The first-order valence-electron chi connectivity index (χ1n) is 9.81. The Bertz CT molecular complexity index is 1230. The van der Waals surface area contributed by atoms with Crippen molar-refractivity contribution >= 4 is 39.0 Å². The van der Waals surface area contributed by atoms with Gasteiger partial charge in [0.15, 0.2) is 11.3 Å². The molecule has 4 heterocycles. The summed E-state index contributed by atoms with van der Waals surface area (Å²) in [4.78, 5) is 12.4. The fourth-order valence-electron chi connectivity index (χ4n) is 4.00. The summed E-state index contributed by atoms with van der Waals surface area (Å²) in [5.74, 6) is 0.964. The summed E-state index contributed by atoms with van der Waals surface area (Å²) < 4.78 is 43.7. The van der Waals surface area contributed by atoms with Crippen LogP contribution < -0.4 is 10.6 Å². The van der Waals surface area contributed by atoms with Crippen LogP contribution in [0, 0.1) is 0 Å². The van der Waals surface area contributed by atoms with E-state index in [1.807, 2.05) is 16.7 Å². The lowest BCUT2D eigenvalue weighted by Gasteiger charge is -2.31. The van der Waals surface area contributed by atoms with E-state index < -0.39 is 11.9 Å². The molecule has 1 aliphatic carbocycles. The number of nitrogens with zero attached hydrogens (tertiary/aromatic N) is 6. The second kappa shape index (κ2) is 7.66. The minimum Gasteiger partial charge on any atom is -0.367 e. The number of rotatable bonds is 4. The Morgan fingerprint density at radius 1 is 1.03 bits per heavy atom. The van der Waals surface area contributed by atoms with Gasteiger partial charge in [-0.1, -0.05) is 0 Å². The molecule has 0 aliphatic heterocycles. The molecule has 162 valence electrons. The fourth-order valence-corrected chi connectivity index (χ4v) is 4.36. The summed E-state index contributed by atoms with van der Waals surface area (Å²) in [6.07, 6.45) is 4.14. The molecule has 12 heteroatoms. The standard InChI is InChI=1S/C19H18BrF3N8/c20-14-10-17-28-13(19(21,22)23)9-16(31(17)29-14)26-11-2-1-3-12(8-11)27-18-25-5-4-15-24-6-7-30(15)18/h4-7,9-12,26H,1-3,8H2,(H,25,27). The van der Waals surface area contributed by atoms with Crippen molar-refractivity contribution in [2.75, 3.05) is 10.6 Å². The van der Waals surface area contributed by atoms with Crippen LogP contribution in [0.4, 0.5) is 24.9 Å². The molecule has 8 nitrogen and oxygen atoms in total. The molecule has 0 amide bonds. The second-order valence-electron chi connectivity index (χ2n) is 7.53. The zero-order valence-corrected chi connectivity index (χ0v) is 17.7. The van der Waals surface area contributed by atoms with Crippen LogP contribution in [0.2, 0.25) is 0 Å². The second-order valence-corrected chi connectivity index (χ2v) is 8.35. The number of alkyl halides is 3. The van der Waals surface area contributed by atoms with Gasteiger partial charge in [0.05, 0.1) is 0 Å². The van der Waals surface area contributed by atoms with Gasteiger partial charge in [-0.2, -0.15) is 22.8 Å². The first-order valence-corrected chi connectivity index (χ1v) is 10.6. The van der Waals surface area contributed by atoms with Crippen molar-refractivity contribution in [3.63, 3.8) is 0 Å². The van der Waals surface area contributed by atoms with Crippen molar-refractivity contribution in [3.05, 3.63) is 47.1 Å². The number of anilines is 2. The van der Waals surface area contributed by atoms with Crippen LogP contribution >= 0.6 is 15.9 Å². The Morgan fingerprint density at radius 2 is 1.84 bits per heavy atom. The molecule has 2 unspecified atom stereocenters. The monoisotopic (exact) mass is 494 g/mol. The average molecular weight is 495 g/mol. The average Bonchev–Trinajstić information content (AvgIpc) is 3.34. The summed E-state index contributed by atoms with van der Waals surface area (Å²) in [5, 5.41) is 10.9. The highest BCUT2D eigenvalue weighted by molar-refractivity contribution is 9.10. The maximum Gasteiger partial charge on any atom is 0.433 e. The molecule has 0 radical (unpaired) electrons. The van der Waals surface area contributed by atoms with E-state index in [1.165, 1.54) is 10.6 Å². The molecule has 1 saturated carbocycles. The number of hydrogen-bond acceptors (Lipinski definition) is 6. The van der Waals surface area contributed by atoms with E-state index in [-0.39, 0.29) is 23.5 Å². The fraction of sp³-hybridized carbons (Fsp3) is 0.368. The lowest BCUT2D eigenvalue weighted by atomic mass is 9.91. The maximum atomic E-state index is 13.3. The molecule has 2 atom stereocenters. The van der Waals surface area contributed by atoms with E-state index in [1.54, 1.807) is 12.4 Å². The van der Waals surface area contributed by atoms with Crippen molar-refractivity contribution in [3.8, 4) is 0 Å². The van der Waals surface area contributed by atoms with Crippen LogP contribution in [0.3, 0.4) is 0 Å². The van der Waals surface area contributed by atoms with E-state index in [0.29, 0.717) is 10.6 Å². The SMILES string of the molecule is FC(F)(F)c1cc(NC2CCCC(Nc3nccc4nccn34)C2)n2nc(Br)cc2n1. The van der Waals surface area contributed by atoms with Gasteiger partial charge in [-0.05, 0) is 47.7 Å². The molecule has 31 heavy (non-hydrogen) atoms. The Labute approximate surface area is 183 Å². The third-order valence-corrected chi connectivity index (χ3v) is 5.75. The Kier molecular flexibility index (Phi) is 4.95. The Balaban J connectivity index is 1.38. The number of hydrogen-bond donors (Lipinski definition) is 2. The normalized spacial score (nSPS) is 19.7. The first-order chi connectivity index (χ1) is 14.9. The lowest BCUT2D eigenvalue weighted by molar-refractivity contribution is -0.141. The minimum absolute atomic E-state index is 0.0251. The molecular formula is C19H18BrF3N8. The molecule has 0 bridgehead atoms. The van der Waals surface area contributed by atoms with Gasteiger partial charge < -0.3 is 10.6 Å². The van der Waals surface area contributed by atoms with Gasteiger partial charge in [-0.3, -0.25) is 4.40 Å². The zero-order chi connectivity index (χ0) is 21.6. The van der Waals surface area contributed by atoms with Crippen LogP contribution in [-0.2, 0) is 6.18 Å². The van der Waals surface area contributed by atoms with Gasteiger partial charge in [0.1, 0.15) is 16.1 Å². The van der Waals surface area contributed by atoms with Crippen molar-refractivity contribution in [1.29, 1.82) is 0 Å². The summed E-state index contributed by atoms with van der Waals surface area (Å²) in [6, 6.07) is 4.39. The first kappa shape index (κ1) is 20.0. The summed E-state index contributed by atoms with van der Waals surface area (Å²) in [5.41, 5.74) is -0.0202. The van der Waals surface area contributed by atoms with E-state index in [2.05, 4.69) is 46.6 Å². The van der Waals surface area contributed by atoms with Gasteiger partial charge in [0.2, 0.25) is 5.95 Å². The highest BCUT2D eigenvalue weighted by Crippen LogP contribution is 2.32. The molecular weight excluding hydrogens is 477 g/mol. The highest BCUT2D eigenvalue weighted by Gasteiger charge is 2.34. The zero-order valence-electron chi connectivity index (χ0n) is 16.1. The Morgan fingerprint density at radius 3 is 2.65 bits per heavy atom. The van der Waals surface area contributed by atoms with E-state index in [9.17, 15) is 13.2 Å². The molecule has 5 rings (SSSR count). The van der Waals surface area contributed by atoms with Crippen LogP contribution in [0.25, 0.3) is 11.3 Å². The molecule has 1 aliphatic rings. The molecule has 0 saturated heterocycles. The highest BCUT2D eigenvalue weighted by atomic mass is 79.9. The molecule has 0 aromatic carbocycles. The summed E-state index contributed by atoms with van der Waals surface area (Å²) in [7, 11) is 0. The largest absolute Gasteiger partial charge is 0.433 e. The van der Waals surface area contributed by atoms with E-state index in [0.717, 1.165) is 37.4 Å². The maximum absolute atomic E-state index is 13.3. The van der Waals surface area contributed by atoms with Gasteiger partial charge in [0.25, 0.3) is 0 Å². The molecule has 1 fully saturated rings. The van der Waals surface area contributed by atoms with Crippen molar-refractivity contribution < 1.29 is 13.2 Å². The van der Waals surface area contributed by atoms with Crippen LogP contribution in [0.1, 0.15) is 31.4 Å².